The molecule has 1 aliphatic heterocycles. The maximum absolute atomic E-state index is 12.5. The van der Waals surface area contributed by atoms with Crippen LogP contribution in [0.15, 0.2) is 49.2 Å². The van der Waals surface area contributed by atoms with Gasteiger partial charge in [-0.15, -0.1) is 0 Å². The largest absolute Gasteiger partial charge is 0.491 e. The topological polar surface area (TPSA) is 109 Å². The summed E-state index contributed by atoms with van der Waals surface area (Å²) in [6, 6.07) is 9.58. The number of aromatic nitrogens is 5. The van der Waals surface area contributed by atoms with E-state index in [0.29, 0.717) is 24.6 Å². The number of ether oxygens (including phenoxy) is 1. The minimum atomic E-state index is -0.192. The molecule has 2 aromatic heterocycles. The number of aryl methyl sites for hydroxylation is 1. The highest BCUT2D eigenvalue weighted by molar-refractivity contribution is 5.97. The van der Waals surface area contributed by atoms with E-state index in [0.717, 1.165) is 48.4 Å². The highest BCUT2D eigenvalue weighted by Gasteiger charge is 2.26. The molecule has 1 aromatic carbocycles. The molecule has 3 heterocycles. The number of pyridine rings is 1. The van der Waals surface area contributed by atoms with Gasteiger partial charge in [-0.1, -0.05) is 19.1 Å². The van der Waals surface area contributed by atoms with E-state index in [-0.39, 0.29) is 11.9 Å². The zero-order valence-corrected chi connectivity index (χ0v) is 19.0. The molecule has 2 N–H and O–H groups in total. The number of fused-ring (bicyclic) bond motifs is 1. The van der Waals surface area contributed by atoms with Crippen molar-refractivity contribution in [3.05, 3.63) is 60.7 Å². The second-order valence-electron chi connectivity index (χ2n) is 7.95. The van der Waals surface area contributed by atoms with E-state index in [4.69, 9.17) is 4.74 Å². The van der Waals surface area contributed by atoms with Crippen molar-refractivity contribution in [2.75, 3.05) is 24.6 Å². The Morgan fingerprint density at radius 2 is 2.18 bits per heavy atom. The summed E-state index contributed by atoms with van der Waals surface area (Å²) in [5.41, 5.74) is 1.10. The van der Waals surface area contributed by atoms with Gasteiger partial charge in [0.15, 0.2) is 0 Å². The van der Waals surface area contributed by atoms with Crippen LogP contribution < -0.4 is 15.0 Å². The zero-order chi connectivity index (χ0) is 23.0. The third kappa shape index (κ3) is 5.54. The Morgan fingerprint density at radius 3 is 3.06 bits per heavy atom. The van der Waals surface area contributed by atoms with Crippen molar-refractivity contribution in [1.29, 1.82) is 0 Å². The molecule has 1 fully saturated rings. The summed E-state index contributed by atoms with van der Waals surface area (Å²) in [5, 5.41) is 3.77. The smallest absolute Gasteiger partial charge is 0.270 e. The predicted molar refractivity (Wildman–Crippen MR) is 127 cm³/mol. The second kappa shape index (κ2) is 10.7. The molecule has 0 spiro atoms. The number of rotatable bonds is 7. The fourth-order valence-corrected chi connectivity index (χ4v) is 3.84. The lowest BCUT2D eigenvalue weighted by atomic mass is 10.1. The van der Waals surface area contributed by atoms with E-state index >= 15 is 0 Å². The number of H-pyrrole nitrogens is 1. The molecule has 4 rings (SSSR count). The maximum Gasteiger partial charge on any atom is 0.270 e. The molecule has 9 heteroatoms. The lowest BCUT2D eigenvalue weighted by Crippen LogP contribution is -2.34. The Kier molecular flexibility index (Phi) is 7.29. The van der Waals surface area contributed by atoms with Crippen LogP contribution in [0.1, 0.15) is 42.5 Å². The van der Waals surface area contributed by atoms with Crippen molar-refractivity contribution in [3.8, 4) is 5.75 Å². The highest BCUT2D eigenvalue weighted by Crippen LogP contribution is 2.28. The van der Waals surface area contributed by atoms with E-state index in [1.165, 1.54) is 6.33 Å². The summed E-state index contributed by atoms with van der Waals surface area (Å²) < 4.78 is 6.30. The van der Waals surface area contributed by atoms with Crippen molar-refractivity contribution >= 4 is 22.6 Å². The SMILES string of the molecule is CCCNC(=O)c1cc(OCC2CCCN2c2cncnc(C)[nH]cn2)c2ccccc2n1. The van der Waals surface area contributed by atoms with Crippen LogP contribution in [-0.4, -0.2) is 56.6 Å². The minimum Gasteiger partial charge on any atom is -0.491 e. The molecule has 0 radical (unpaired) electrons. The molecule has 1 amide bonds. The van der Waals surface area contributed by atoms with Gasteiger partial charge in [0.25, 0.3) is 5.91 Å². The van der Waals surface area contributed by atoms with Crippen LogP contribution in [0.25, 0.3) is 10.9 Å². The molecule has 1 aliphatic rings. The second-order valence-corrected chi connectivity index (χ2v) is 7.95. The lowest BCUT2D eigenvalue weighted by Gasteiger charge is -2.25. The van der Waals surface area contributed by atoms with Crippen molar-refractivity contribution in [2.24, 2.45) is 0 Å². The van der Waals surface area contributed by atoms with Crippen molar-refractivity contribution in [1.82, 2.24) is 30.2 Å². The van der Waals surface area contributed by atoms with Gasteiger partial charge in [-0.25, -0.2) is 19.9 Å². The summed E-state index contributed by atoms with van der Waals surface area (Å²) in [6.07, 6.45) is 7.74. The minimum absolute atomic E-state index is 0.135. The zero-order valence-electron chi connectivity index (χ0n) is 19.0. The first kappa shape index (κ1) is 22.4. The monoisotopic (exact) mass is 447 g/mol. The van der Waals surface area contributed by atoms with E-state index in [2.05, 4.69) is 35.1 Å². The molecule has 0 bridgehead atoms. The van der Waals surface area contributed by atoms with E-state index in [9.17, 15) is 4.79 Å². The van der Waals surface area contributed by atoms with Crippen molar-refractivity contribution < 1.29 is 9.53 Å². The third-order valence-corrected chi connectivity index (χ3v) is 5.53. The number of nitrogens with one attached hydrogen (secondary N) is 2. The van der Waals surface area contributed by atoms with Crippen LogP contribution in [0, 0.1) is 6.92 Å². The number of anilines is 1. The first-order chi connectivity index (χ1) is 16.2. The molecule has 1 atom stereocenters. The number of benzene rings is 1. The molecule has 33 heavy (non-hydrogen) atoms. The molecule has 0 saturated carbocycles. The average molecular weight is 448 g/mol. The van der Waals surface area contributed by atoms with Crippen LogP contribution >= 0.6 is 0 Å². The quantitative estimate of drug-likeness (QED) is 0.571. The maximum atomic E-state index is 12.5. The summed E-state index contributed by atoms with van der Waals surface area (Å²) in [5.74, 6) is 1.95. The van der Waals surface area contributed by atoms with E-state index < -0.39 is 0 Å². The van der Waals surface area contributed by atoms with Crippen LogP contribution in [0.5, 0.6) is 5.75 Å². The fourth-order valence-electron chi connectivity index (χ4n) is 3.84. The number of hydrogen-bond donors (Lipinski definition) is 2. The van der Waals surface area contributed by atoms with Gasteiger partial charge in [0.2, 0.25) is 0 Å². The molecular formula is C24H29N7O2. The number of para-hydroxylation sites is 1. The van der Waals surface area contributed by atoms with E-state index in [1.807, 2.05) is 38.1 Å². The third-order valence-electron chi connectivity index (χ3n) is 5.53. The molecule has 9 nitrogen and oxygen atoms in total. The van der Waals surface area contributed by atoms with Gasteiger partial charge in [-0.2, -0.15) is 0 Å². The number of carbonyl (C=O) groups is 1. The van der Waals surface area contributed by atoms with Crippen molar-refractivity contribution in [2.45, 2.75) is 39.2 Å². The summed E-state index contributed by atoms with van der Waals surface area (Å²) in [7, 11) is 0. The summed E-state index contributed by atoms with van der Waals surface area (Å²) >= 11 is 0. The summed E-state index contributed by atoms with van der Waals surface area (Å²) in [4.78, 5) is 35.2. The number of hydrogen-bond acceptors (Lipinski definition) is 7. The molecular weight excluding hydrogens is 418 g/mol. The first-order valence-corrected chi connectivity index (χ1v) is 11.3. The molecule has 1 unspecified atom stereocenters. The molecule has 3 aromatic rings. The Hall–Kier alpha value is -3.75. The lowest BCUT2D eigenvalue weighted by molar-refractivity contribution is 0.0948. The number of carbonyl (C=O) groups excluding carboxylic acids is 1. The van der Waals surface area contributed by atoms with Crippen molar-refractivity contribution in [3.63, 3.8) is 0 Å². The van der Waals surface area contributed by atoms with Crippen LogP contribution in [0.2, 0.25) is 0 Å². The van der Waals surface area contributed by atoms with Crippen LogP contribution in [-0.2, 0) is 0 Å². The number of aromatic amines is 1. The molecule has 1 saturated heterocycles. The predicted octanol–water partition coefficient (Wildman–Crippen LogP) is 3.37. The van der Waals surface area contributed by atoms with Gasteiger partial charge in [0.05, 0.1) is 24.1 Å². The molecule has 0 aliphatic carbocycles. The number of amides is 1. The number of nitrogens with zero attached hydrogens (tertiary/aromatic N) is 5. The average Bonchev–Trinajstić information content (AvgIpc) is 3.33. The van der Waals surface area contributed by atoms with E-state index in [1.54, 1.807) is 18.6 Å². The van der Waals surface area contributed by atoms with Gasteiger partial charge in [0, 0.05) is 24.5 Å². The van der Waals surface area contributed by atoms with Gasteiger partial charge in [0.1, 0.15) is 36.0 Å². The fraction of sp³-hybridized carbons (Fsp3) is 0.375. The standard InChI is InChI=1S/C24H29N7O2/c1-3-10-26-24(32)21-12-22(19-8-4-5-9-20(19)30-21)33-14-18-7-6-11-31(18)23-13-25-15-27-17(2)28-16-29-23/h4-5,8-9,12-13,15-16,18H,3,6-7,10-11,14H2,1-2H3,(H,26,32)(H,25,27,28,29). The Morgan fingerprint density at radius 1 is 1.30 bits per heavy atom. The highest BCUT2D eigenvalue weighted by atomic mass is 16.5. The normalized spacial score (nSPS) is 15.3. The van der Waals surface area contributed by atoms with Gasteiger partial charge >= 0.3 is 0 Å². The van der Waals surface area contributed by atoms with Gasteiger partial charge in [-0.3, -0.25) is 4.79 Å². The Labute approximate surface area is 193 Å². The van der Waals surface area contributed by atoms with Gasteiger partial charge in [-0.05, 0) is 38.3 Å². The van der Waals surface area contributed by atoms with Crippen LogP contribution in [0.3, 0.4) is 0 Å². The van der Waals surface area contributed by atoms with Crippen LogP contribution in [0.4, 0.5) is 5.82 Å². The first-order valence-electron chi connectivity index (χ1n) is 11.3. The van der Waals surface area contributed by atoms with Gasteiger partial charge < -0.3 is 19.9 Å². The molecule has 172 valence electrons. The Bertz CT molecular complexity index is 1160. The summed E-state index contributed by atoms with van der Waals surface area (Å²) in [6.45, 7) is 5.81. The Balaban J connectivity index is 1.57.